The van der Waals surface area contributed by atoms with Gasteiger partial charge in [0.15, 0.2) is 0 Å². The summed E-state index contributed by atoms with van der Waals surface area (Å²) >= 11 is 0. The molecule has 0 unspecified atom stereocenters. The molecular formula is C10H20N2O. The van der Waals surface area contributed by atoms with Crippen LogP contribution in [0.1, 0.15) is 33.1 Å². The van der Waals surface area contributed by atoms with Gasteiger partial charge in [0.05, 0.1) is 0 Å². The van der Waals surface area contributed by atoms with Gasteiger partial charge in [-0.3, -0.25) is 0 Å². The number of carbonyl (C=O) groups excluding carboxylic acids is 1. The highest BCUT2D eigenvalue weighted by atomic mass is 16.2. The van der Waals surface area contributed by atoms with Crippen molar-refractivity contribution in [3.05, 3.63) is 0 Å². The number of likely N-dealkylation sites (tertiary alicyclic amines) is 1. The van der Waals surface area contributed by atoms with Crippen molar-refractivity contribution in [1.29, 1.82) is 0 Å². The number of rotatable bonds is 3. The topological polar surface area (TPSA) is 32.3 Å². The number of amides is 2. The van der Waals surface area contributed by atoms with Gasteiger partial charge in [0.1, 0.15) is 0 Å². The van der Waals surface area contributed by atoms with E-state index in [2.05, 4.69) is 19.2 Å². The van der Waals surface area contributed by atoms with Crippen LogP contribution in [0.15, 0.2) is 0 Å². The lowest BCUT2D eigenvalue weighted by Gasteiger charge is -2.17. The van der Waals surface area contributed by atoms with Crippen LogP contribution in [-0.4, -0.2) is 30.6 Å². The second kappa shape index (κ2) is 5.10. The van der Waals surface area contributed by atoms with Crippen LogP contribution in [0.3, 0.4) is 0 Å². The summed E-state index contributed by atoms with van der Waals surface area (Å²) in [6.07, 6.45) is 3.45. The molecular weight excluding hydrogens is 164 g/mol. The maximum absolute atomic E-state index is 11.5. The molecule has 1 fully saturated rings. The van der Waals surface area contributed by atoms with Crippen molar-refractivity contribution in [2.45, 2.75) is 33.1 Å². The molecule has 1 aliphatic heterocycles. The second-order valence-electron chi connectivity index (χ2n) is 3.89. The van der Waals surface area contributed by atoms with Crippen molar-refractivity contribution in [2.75, 3.05) is 19.6 Å². The Hall–Kier alpha value is -0.730. The minimum Gasteiger partial charge on any atom is -0.338 e. The van der Waals surface area contributed by atoms with Crippen molar-refractivity contribution in [2.24, 2.45) is 5.92 Å². The van der Waals surface area contributed by atoms with Crippen molar-refractivity contribution >= 4 is 6.03 Å². The summed E-state index contributed by atoms with van der Waals surface area (Å²) in [7, 11) is 0. The lowest BCUT2D eigenvalue weighted by Crippen LogP contribution is -2.39. The van der Waals surface area contributed by atoms with E-state index in [1.54, 1.807) is 0 Å². The van der Waals surface area contributed by atoms with E-state index in [-0.39, 0.29) is 6.03 Å². The molecule has 0 aromatic rings. The minimum absolute atomic E-state index is 0.123. The SMILES string of the molecule is CC[C@H](C)CNC(=O)N1CCCC1. The molecule has 0 radical (unpaired) electrons. The first kappa shape index (κ1) is 10.4. The highest BCUT2D eigenvalue weighted by Gasteiger charge is 2.17. The molecule has 0 aliphatic carbocycles. The van der Waals surface area contributed by atoms with Crippen LogP contribution in [0.5, 0.6) is 0 Å². The molecule has 3 nitrogen and oxygen atoms in total. The lowest BCUT2D eigenvalue weighted by molar-refractivity contribution is 0.207. The van der Waals surface area contributed by atoms with Gasteiger partial charge in [0, 0.05) is 19.6 Å². The number of nitrogens with one attached hydrogen (secondary N) is 1. The fourth-order valence-electron chi connectivity index (χ4n) is 1.44. The first-order valence-electron chi connectivity index (χ1n) is 5.26. The predicted octanol–water partition coefficient (Wildman–Crippen LogP) is 1.84. The van der Waals surface area contributed by atoms with Gasteiger partial charge in [0.25, 0.3) is 0 Å². The summed E-state index contributed by atoms with van der Waals surface area (Å²) in [5.74, 6) is 0.589. The summed E-state index contributed by atoms with van der Waals surface area (Å²) in [5.41, 5.74) is 0. The molecule has 1 rings (SSSR count). The van der Waals surface area contributed by atoms with Crippen LogP contribution < -0.4 is 5.32 Å². The number of nitrogens with zero attached hydrogens (tertiary/aromatic N) is 1. The predicted molar refractivity (Wildman–Crippen MR) is 53.7 cm³/mol. The van der Waals surface area contributed by atoms with Gasteiger partial charge < -0.3 is 10.2 Å². The van der Waals surface area contributed by atoms with Gasteiger partial charge in [-0.2, -0.15) is 0 Å². The monoisotopic (exact) mass is 184 g/mol. The maximum Gasteiger partial charge on any atom is 0.317 e. The zero-order chi connectivity index (χ0) is 9.68. The van der Waals surface area contributed by atoms with Gasteiger partial charge >= 0.3 is 6.03 Å². The van der Waals surface area contributed by atoms with Crippen LogP contribution in [0, 0.1) is 5.92 Å². The largest absolute Gasteiger partial charge is 0.338 e. The highest BCUT2D eigenvalue weighted by Crippen LogP contribution is 2.07. The summed E-state index contributed by atoms with van der Waals surface area (Å²) in [6.45, 7) is 6.99. The number of hydrogen-bond donors (Lipinski definition) is 1. The van der Waals surface area contributed by atoms with Gasteiger partial charge in [-0.15, -0.1) is 0 Å². The quantitative estimate of drug-likeness (QED) is 0.713. The van der Waals surface area contributed by atoms with E-state index < -0.39 is 0 Å². The van der Waals surface area contributed by atoms with Crippen molar-refractivity contribution in [3.8, 4) is 0 Å². The molecule has 0 spiro atoms. The molecule has 1 N–H and O–H groups in total. The minimum atomic E-state index is 0.123. The van der Waals surface area contributed by atoms with E-state index in [0.29, 0.717) is 5.92 Å². The zero-order valence-corrected chi connectivity index (χ0v) is 8.68. The molecule has 0 saturated carbocycles. The Morgan fingerprint density at radius 1 is 1.46 bits per heavy atom. The number of urea groups is 1. The normalized spacial score (nSPS) is 18.8. The Morgan fingerprint density at radius 2 is 2.08 bits per heavy atom. The fraction of sp³-hybridized carbons (Fsp3) is 0.900. The van der Waals surface area contributed by atoms with Crippen LogP contribution in [0.25, 0.3) is 0 Å². The van der Waals surface area contributed by atoms with Gasteiger partial charge in [-0.1, -0.05) is 20.3 Å². The highest BCUT2D eigenvalue weighted by molar-refractivity contribution is 5.74. The third kappa shape index (κ3) is 3.25. The summed E-state index contributed by atoms with van der Waals surface area (Å²) in [4.78, 5) is 13.4. The van der Waals surface area contributed by atoms with Crippen LogP contribution in [-0.2, 0) is 0 Å². The maximum atomic E-state index is 11.5. The molecule has 76 valence electrons. The first-order chi connectivity index (χ1) is 6.24. The molecule has 3 heteroatoms. The van der Waals surface area contributed by atoms with Gasteiger partial charge in [0.2, 0.25) is 0 Å². The Morgan fingerprint density at radius 3 is 2.62 bits per heavy atom. The fourth-order valence-corrected chi connectivity index (χ4v) is 1.44. The van der Waals surface area contributed by atoms with E-state index in [1.165, 1.54) is 0 Å². The lowest BCUT2D eigenvalue weighted by atomic mass is 10.1. The van der Waals surface area contributed by atoms with E-state index in [9.17, 15) is 4.79 Å². The van der Waals surface area contributed by atoms with Crippen LogP contribution >= 0.6 is 0 Å². The Balaban J connectivity index is 2.16. The average molecular weight is 184 g/mol. The second-order valence-corrected chi connectivity index (χ2v) is 3.89. The molecule has 1 heterocycles. The van der Waals surface area contributed by atoms with Crippen molar-refractivity contribution < 1.29 is 4.79 Å². The third-order valence-corrected chi connectivity index (χ3v) is 2.69. The molecule has 13 heavy (non-hydrogen) atoms. The van der Waals surface area contributed by atoms with E-state index in [0.717, 1.165) is 38.9 Å². The molecule has 1 saturated heterocycles. The molecule has 1 aliphatic rings. The first-order valence-corrected chi connectivity index (χ1v) is 5.26. The summed E-state index contributed by atoms with van der Waals surface area (Å²) in [6, 6.07) is 0.123. The molecule has 1 atom stereocenters. The molecule has 2 amide bonds. The Labute approximate surface area is 80.5 Å². The molecule has 0 aromatic carbocycles. The number of hydrogen-bond acceptors (Lipinski definition) is 1. The van der Waals surface area contributed by atoms with E-state index in [4.69, 9.17) is 0 Å². The molecule has 0 bridgehead atoms. The zero-order valence-electron chi connectivity index (χ0n) is 8.68. The smallest absolute Gasteiger partial charge is 0.317 e. The van der Waals surface area contributed by atoms with E-state index >= 15 is 0 Å². The van der Waals surface area contributed by atoms with Crippen LogP contribution in [0.4, 0.5) is 4.79 Å². The van der Waals surface area contributed by atoms with Gasteiger partial charge in [-0.25, -0.2) is 4.79 Å². The third-order valence-electron chi connectivity index (χ3n) is 2.69. The van der Waals surface area contributed by atoms with Crippen molar-refractivity contribution in [3.63, 3.8) is 0 Å². The average Bonchev–Trinajstić information content (AvgIpc) is 2.66. The number of carbonyl (C=O) groups is 1. The van der Waals surface area contributed by atoms with Gasteiger partial charge in [-0.05, 0) is 18.8 Å². The summed E-state index contributed by atoms with van der Waals surface area (Å²) in [5, 5.41) is 2.96. The molecule has 0 aromatic heterocycles. The Kier molecular flexibility index (Phi) is 4.06. The van der Waals surface area contributed by atoms with Crippen LogP contribution in [0.2, 0.25) is 0 Å². The Bertz CT molecular complexity index is 164. The van der Waals surface area contributed by atoms with Crippen molar-refractivity contribution in [1.82, 2.24) is 10.2 Å². The van der Waals surface area contributed by atoms with E-state index in [1.807, 2.05) is 4.90 Å². The standard InChI is InChI=1S/C10H20N2O/c1-3-9(2)8-11-10(13)12-6-4-5-7-12/h9H,3-8H2,1-2H3,(H,11,13)/t9-/m0/s1. The summed E-state index contributed by atoms with van der Waals surface area (Å²) < 4.78 is 0.